The first-order chi connectivity index (χ1) is 8.16. The van der Waals surface area contributed by atoms with Crippen molar-refractivity contribution < 1.29 is 9.18 Å². The highest BCUT2D eigenvalue weighted by Crippen LogP contribution is 2.15. The average Bonchev–Trinajstić information content (AvgIpc) is 2.73. The van der Waals surface area contributed by atoms with Crippen molar-refractivity contribution in [2.75, 3.05) is 0 Å². The van der Waals surface area contributed by atoms with Gasteiger partial charge in [-0.3, -0.25) is 4.79 Å². The number of rotatable bonds is 3. The molecular weight excluding hydrogens is 237 g/mol. The highest BCUT2D eigenvalue weighted by molar-refractivity contribution is 7.10. The first-order valence-electron chi connectivity index (χ1n) is 5.23. The Labute approximate surface area is 103 Å². The quantitative estimate of drug-likeness (QED) is 0.889. The van der Waals surface area contributed by atoms with Gasteiger partial charge in [-0.15, -0.1) is 11.3 Å². The molecule has 2 rings (SSSR count). The molecule has 0 aliphatic heterocycles. The average molecular weight is 249 g/mol. The molecule has 0 radical (unpaired) electrons. The summed E-state index contributed by atoms with van der Waals surface area (Å²) in [6, 6.07) is 7.54. The number of halogens is 1. The minimum absolute atomic E-state index is 0.183. The van der Waals surface area contributed by atoms with E-state index in [0.29, 0.717) is 12.1 Å². The third kappa shape index (κ3) is 2.91. The number of carbonyl (C=O) groups excluding carboxylic acids is 1. The molecule has 1 N–H and O–H groups in total. The number of thiophene rings is 1. The first kappa shape index (κ1) is 11.8. The molecule has 0 bridgehead atoms. The number of aryl methyl sites for hydroxylation is 1. The summed E-state index contributed by atoms with van der Waals surface area (Å²) in [6.45, 7) is 2.52. The normalized spacial score (nSPS) is 10.2. The van der Waals surface area contributed by atoms with Crippen LogP contribution in [0.3, 0.4) is 0 Å². The Morgan fingerprint density at radius 3 is 2.59 bits per heavy atom. The molecule has 2 nitrogen and oxygen atoms in total. The van der Waals surface area contributed by atoms with Crippen molar-refractivity contribution >= 4 is 17.2 Å². The van der Waals surface area contributed by atoms with Crippen molar-refractivity contribution in [2.24, 2.45) is 0 Å². The number of amides is 1. The van der Waals surface area contributed by atoms with Crippen LogP contribution in [0, 0.1) is 12.7 Å². The maximum Gasteiger partial charge on any atom is 0.251 e. The molecule has 17 heavy (non-hydrogen) atoms. The summed E-state index contributed by atoms with van der Waals surface area (Å²) in [6.07, 6.45) is 0. The highest BCUT2D eigenvalue weighted by atomic mass is 32.1. The fraction of sp³-hybridized carbons (Fsp3) is 0.154. The van der Waals surface area contributed by atoms with Crippen LogP contribution in [0.5, 0.6) is 0 Å². The Morgan fingerprint density at radius 1 is 1.29 bits per heavy atom. The van der Waals surface area contributed by atoms with Crippen molar-refractivity contribution in [3.63, 3.8) is 0 Å². The van der Waals surface area contributed by atoms with Gasteiger partial charge >= 0.3 is 0 Å². The monoisotopic (exact) mass is 249 g/mol. The molecule has 0 aliphatic rings. The van der Waals surface area contributed by atoms with Gasteiger partial charge in [0.1, 0.15) is 5.82 Å². The lowest BCUT2D eigenvalue weighted by Gasteiger charge is -2.04. The zero-order valence-electron chi connectivity index (χ0n) is 9.37. The summed E-state index contributed by atoms with van der Waals surface area (Å²) in [5.41, 5.74) is 1.65. The maximum absolute atomic E-state index is 12.7. The molecule has 0 saturated heterocycles. The Balaban J connectivity index is 1.98. The minimum Gasteiger partial charge on any atom is -0.347 e. The third-order valence-corrected chi connectivity index (χ3v) is 3.51. The third-order valence-electron chi connectivity index (χ3n) is 2.48. The molecule has 4 heteroatoms. The second-order valence-electron chi connectivity index (χ2n) is 3.72. The predicted octanol–water partition coefficient (Wildman–Crippen LogP) is 3.13. The Hall–Kier alpha value is -1.68. The van der Waals surface area contributed by atoms with Crippen LogP contribution in [0.2, 0.25) is 0 Å². The molecule has 0 aliphatic carbocycles. The molecule has 0 spiro atoms. The lowest BCUT2D eigenvalue weighted by Crippen LogP contribution is -2.22. The number of benzene rings is 1. The molecule has 2 aromatic rings. The topological polar surface area (TPSA) is 29.1 Å². The van der Waals surface area contributed by atoms with Crippen molar-refractivity contribution in [3.8, 4) is 0 Å². The van der Waals surface area contributed by atoms with Crippen LogP contribution in [0.4, 0.5) is 4.39 Å². The number of nitrogens with one attached hydrogen (secondary N) is 1. The van der Waals surface area contributed by atoms with Gasteiger partial charge in [-0.25, -0.2) is 4.39 Å². The predicted molar refractivity (Wildman–Crippen MR) is 66.6 cm³/mol. The van der Waals surface area contributed by atoms with Crippen molar-refractivity contribution in [2.45, 2.75) is 13.5 Å². The molecule has 1 aromatic carbocycles. The summed E-state index contributed by atoms with van der Waals surface area (Å²) >= 11 is 1.61. The zero-order chi connectivity index (χ0) is 12.3. The lowest BCUT2D eigenvalue weighted by molar-refractivity contribution is 0.0951. The first-order valence-corrected chi connectivity index (χ1v) is 6.11. The van der Waals surface area contributed by atoms with E-state index in [4.69, 9.17) is 0 Å². The molecular formula is C13H12FNOS. The van der Waals surface area contributed by atoms with Crippen molar-refractivity contribution in [1.82, 2.24) is 5.32 Å². The van der Waals surface area contributed by atoms with Crippen LogP contribution in [0.1, 0.15) is 20.8 Å². The summed E-state index contributed by atoms with van der Waals surface area (Å²) < 4.78 is 12.7. The van der Waals surface area contributed by atoms with Gasteiger partial charge in [-0.1, -0.05) is 0 Å². The van der Waals surface area contributed by atoms with Crippen LogP contribution in [0.15, 0.2) is 35.7 Å². The van der Waals surface area contributed by atoms with Crippen LogP contribution < -0.4 is 5.32 Å². The fourth-order valence-electron chi connectivity index (χ4n) is 1.45. The maximum atomic E-state index is 12.7. The zero-order valence-corrected chi connectivity index (χ0v) is 10.2. The molecule has 0 unspecified atom stereocenters. The van der Waals surface area contributed by atoms with E-state index in [1.807, 2.05) is 18.4 Å². The van der Waals surface area contributed by atoms with Gasteiger partial charge < -0.3 is 5.32 Å². The number of hydrogen-bond acceptors (Lipinski definition) is 2. The second-order valence-corrected chi connectivity index (χ2v) is 4.72. The van der Waals surface area contributed by atoms with Crippen LogP contribution in [0.25, 0.3) is 0 Å². The van der Waals surface area contributed by atoms with E-state index in [1.54, 1.807) is 11.3 Å². The largest absolute Gasteiger partial charge is 0.347 e. The molecule has 0 saturated carbocycles. The smallest absolute Gasteiger partial charge is 0.251 e. The number of hydrogen-bond donors (Lipinski definition) is 1. The van der Waals surface area contributed by atoms with E-state index in [1.165, 1.54) is 29.8 Å². The van der Waals surface area contributed by atoms with Gasteiger partial charge in [0, 0.05) is 10.4 Å². The molecule has 0 atom stereocenters. The van der Waals surface area contributed by atoms with E-state index in [-0.39, 0.29) is 11.7 Å². The van der Waals surface area contributed by atoms with Gasteiger partial charge in [0.05, 0.1) is 6.54 Å². The number of carbonyl (C=O) groups is 1. The summed E-state index contributed by atoms with van der Waals surface area (Å²) in [5.74, 6) is -0.520. The Kier molecular flexibility index (Phi) is 3.54. The summed E-state index contributed by atoms with van der Waals surface area (Å²) in [7, 11) is 0. The Morgan fingerprint density at radius 2 is 2.00 bits per heavy atom. The van der Waals surface area contributed by atoms with Gasteiger partial charge in [0.15, 0.2) is 0 Å². The SMILES string of the molecule is Cc1ccsc1CNC(=O)c1ccc(F)cc1. The molecule has 1 amide bonds. The van der Waals surface area contributed by atoms with E-state index >= 15 is 0 Å². The van der Waals surface area contributed by atoms with Crippen LogP contribution >= 0.6 is 11.3 Å². The fourth-order valence-corrected chi connectivity index (χ4v) is 2.29. The van der Waals surface area contributed by atoms with Crippen LogP contribution in [-0.4, -0.2) is 5.91 Å². The molecule has 1 heterocycles. The van der Waals surface area contributed by atoms with Crippen LogP contribution in [-0.2, 0) is 6.54 Å². The second kappa shape index (κ2) is 5.10. The van der Waals surface area contributed by atoms with Gasteiger partial charge in [0.25, 0.3) is 5.91 Å². The Bertz CT molecular complexity index is 518. The summed E-state index contributed by atoms with van der Waals surface area (Å²) in [4.78, 5) is 12.9. The van der Waals surface area contributed by atoms with Gasteiger partial charge in [0.2, 0.25) is 0 Å². The molecule has 1 aromatic heterocycles. The van der Waals surface area contributed by atoms with E-state index in [9.17, 15) is 9.18 Å². The van der Waals surface area contributed by atoms with E-state index in [2.05, 4.69) is 5.32 Å². The molecule has 88 valence electrons. The highest BCUT2D eigenvalue weighted by Gasteiger charge is 2.06. The van der Waals surface area contributed by atoms with Crippen molar-refractivity contribution in [3.05, 3.63) is 57.5 Å². The molecule has 0 fully saturated rings. The summed E-state index contributed by atoms with van der Waals surface area (Å²) in [5, 5.41) is 4.81. The van der Waals surface area contributed by atoms with E-state index < -0.39 is 0 Å². The van der Waals surface area contributed by atoms with Gasteiger partial charge in [-0.05, 0) is 48.2 Å². The van der Waals surface area contributed by atoms with Gasteiger partial charge in [-0.2, -0.15) is 0 Å². The van der Waals surface area contributed by atoms with Crippen molar-refractivity contribution in [1.29, 1.82) is 0 Å². The standard InChI is InChI=1S/C13H12FNOS/c1-9-6-7-17-12(9)8-15-13(16)10-2-4-11(14)5-3-10/h2-7H,8H2,1H3,(H,15,16). The van der Waals surface area contributed by atoms with E-state index in [0.717, 1.165) is 4.88 Å². The lowest BCUT2D eigenvalue weighted by atomic mass is 10.2. The minimum atomic E-state index is -0.337.